The summed E-state index contributed by atoms with van der Waals surface area (Å²) in [5.74, 6) is 0.466. The van der Waals surface area contributed by atoms with E-state index in [1.807, 2.05) is 24.3 Å². The van der Waals surface area contributed by atoms with E-state index in [1.165, 1.54) is 18.4 Å². The van der Waals surface area contributed by atoms with Gasteiger partial charge >= 0.3 is 0 Å². The van der Waals surface area contributed by atoms with Gasteiger partial charge in [0.15, 0.2) is 0 Å². The van der Waals surface area contributed by atoms with Gasteiger partial charge in [-0.2, -0.15) is 0 Å². The molecule has 1 aromatic carbocycles. The first-order valence-corrected chi connectivity index (χ1v) is 8.45. The minimum Gasteiger partial charge on any atom is -0.387 e. The Morgan fingerprint density at radius 2 is 1.91 bits per heavy atom. The zero-order valence-corrected chi connectivity index (χ0v) is 14.6. The molecule has 0 saturated heterocycles. The zero-order chi connectivity index (χ0) is 17.0. The smallest absolute Gasteiger partial charge is 0.248 e. The molecule has 0 radical (unpaired) electrons. The normalized spacial score (nSPS) is 17.6. The minimum absolute atomic E-state index is 0.0893. The van der Waals surface area contributed by atoms with E-state index in [0.29, 0.717) is 12.5 Å². The van der Waals surface area contributed by atoms with E-state index in [4.69, 9.17) is 4.74 Å². The molecule has 1 fully saturated rings. The molecule has 128 valence electrons. The molecular formula is C19H29NO3. The highest BCUT2D eigenvalue weighted by Gasteiger charge is 2.24. The van der Waals surface area contributed by atoms with Crippen LogP contribution in [0.15, 0.2) is 24.3 Å². The molecule has 0 bridgehead atoms. The van der Waals surface area contributed by atoms with Gasteiger partial charge in [0.1, 0.15) is 6.10 Å². The van der Waals surface area contributed by atoms with Crippen LogP contribution in [0, 0.1) is 5.92 Å². The molecule has 0 heterocycles. The van der Waals surface area contributed by atoms with Gasteiger partial charge in [0.25, 0.3) is 0 Å². The van der Waals surface area contributed by atoms with Crippen molar-refractivity contribution in [3.63, 3.8) is 0 Å². The fraction of sp³-hybridized carbons (Fsp3) is 0.632. The highest BCUT2D eigenvalue weighted by Crippen LogP contribution is 2.29. The predicted octanol–water partition coefficient (Wildman–Crippen LogP) is 2.95. The molecule has 1 aromatic rings. The van der Waals surface area contributed by atoms with Crippen LogP contribution < -0.4 is 5.32 Å². The van der Waals surface area contributed by atoms with Gasteiger partial charge in [0.2, 0.25) is 5.91 Å². The Bertz CT molecular complexity index is 514. The molecule has 1 amide bonds. The summed E-state index contributed by atoms with van der Waals surface area (Å²) in [4.78, 5) is 12.0. The number of nitrogens with one attached hydrogen (secondary N) is 1. The van der Waals surface area contributed by atoms with Crippen LogP contribution in [0.4, 0.5) is 0 Å². The summed E-state index contributed by atoms with van der Waals surface area (Å²) in [7, 11) is 0. The maximum atomic E-state index is 12.0. The average molecular weight is 319 g/mol. The van der Waals surface area contributed by atoms with Crippen molar-refractivity contribution in [1.29, 1.82) is 0 Å². The second-order valence-corrected chi connectivity index (χ2v) is 7.55. The monoisotopic (exact) mass is 319 g/mol. The molecule has 1 aliphatic rings. The first kappa shape index (κ1) is 18.0. The number of benzene rings is 1. The standard InChI is InChI=1S/C19H29NO3/c1-13(23-12-14-5-6-14)18(22)20-11-17(21)15-7-9-16(10-8-15)19(2,3)4/h7-10,13-14,17,21H,5-6,11-12H2,1-4H3,(H,20,22). The lowest BCUT2D eigenvalue weighted by Gasteiger charge is -2.20. The van der Waals surface area contributed by atoms with Crippen LogP contribution in [-0.4, -0.2) is 30.3 Å². The molecule has 4 nitrogen and oxygen atoms in total. The average Bonchev–Trinajstić information content (AvgIpc) is 3.33. The summed E-state index contributed by atoms with van der Waals surface area (Å²) in [6, 6.07) is 7.90. The van der Waals surface area contributed by atoms with Gasteiger partial charge in [-0.05, 0) is 42.2 Å². The van der Waals surface area contributed by atoms with Crippen molar-refractivity contribution < 1.29 is 14.6 Å². The van der Waals surface area contributed by atoms with E-state index in [1.54, 1.807) is 6.92 Å². The number of ether oxygens (including phenoxy) is 1. The number of hydrogen-bond donors (Lipinski definition) is 2. The number of carbonyl (C=O) groups is 1. The van der Waals surface area contributed by atoms with Crippen LogP contribution in [0.5, 0.6) is 0 Å². The van der Waals surface area contributed by atoms with Gasteiger partial charge in [-0.15, -0.1) is 0 Å². The Labute approximate surface area is 139 Å². The lowest BCUT2D eigenvalue weighted by atomic mass is 9.86. The first-order valence-electron chi connectivity index (χ1n) is 8.45. The van der Waals surface area contributed by atoms with Crippen molar-refractivity contribution >= 4 is 5.91 Å². The molecule has 1 saturated carbocycles. The fourth-order valence-electron chi connectivity index (χ4n) is 2.30. The third kappa shape index (κ3) is 5.63. The Morgan fingerprint density at radius 1 is 1.30 bits per heavy atom. The largest absolute Gasteiger partial charge is 0.387 e. The molecule has 0 aliphatic heterocycles. The van der Waals surface area contributed by atoms with Crippen molar-refractivity contribution in [3.05, 3.63) is 35.4 Å². The molecule has 2 N–H and O–H groups in total. The fourth-order valence-corrected chi connectivity index (χ4v) is 2.30. The first-order chi connectivity index (χ1) is 10.8. The van der Waals surface area contributed by atoms with Gasteiger partial charge in [0.05, 0.1) is 12.7 Å². The van der Waals surface area contributed by atoms with Crippen LogP contribution in [0.3, 0.4) is 0 Å². The third-order valence-corrected chi connectivity index (χ3v) is 4.28. The summed E-state index contributed by atoms with van der Waals surface area (Å²) in [6.45, 7) is 9.07. The second-order valence-electron chi connectivity index (χ2n) is 7.55. The van der Waals surface area contributed by atoms with Gasteiger partial charge in [0, 0.05) is 6.54 Å². The Morgan fingerprint density at radius 3 is 2.43 bits per heavy atom. The number of carbonyl (C=O) groups excluding carboxylic acids is 1. The quantitative estimate of drug-likeness (QED) is 0.812. The predicted molar refractivity (Wildman–Crippen MR) is 91.2 cm³/mol. The van der Waals surface area contributed by atoms with Crippen molar-refractivity contribution in [1.82, 2.24) is 5.32 Å². The molecule has 2 unspecified atom stereocenters. The lowest BCUT2D eigenvalue weighted by Crippen LogP contribution is -2.37. The third-order valence-electron chi connectivity index (χ3n) is 4.28. The van der Waals surface area contributed by atoms with Gasteiger partial charge < -0.3 is 15.2 Å². The Kier molecular flexibility index (Phi) is 5.82. The molecule has 23 heavy (non-hydrogen) atoms. The van der Waals surface area contributed by atoms with E-state index in [-0.39, 0.29) is 17.9 Å². The highest BCUT2D eigenvalue weighted by molar-refractivity contribution is 5.80. The molecule has 2 rings (SSSR count). The summed E-state index contributed by atoms with van der Waals surface area (Å²) in [5.41, 5.74) is 2.12. The molecule has 2 atom stereocenters. The highest BCUT2D eigenvalue weighted by atomic mass is 16.5. The number of rotatable bonds is 7. The zero-order valence-electron chi connectivity index (χ0n) is 14.6. The number of aliphatic hydroxyl groups is 1. The molecule has 0 spiro atoms. The second kappa shape index (κ2) is 7.45. The van der Waals surface area contributed by atoms with Crippen molar-refractivity contribution in [2.45, 2.75) is 58.2 Å². The molecule has 0 aromatic heterocycles. The van der Waals surface area contributed by atoms with Gasteiger partial charge in [-0.25, -0.2) is 0 Å². The molecule has 1 aliphatic carbocycles. The van der Waals surface area contributed by atoms with Crippen LogP contribution in [0.2, 0.25) is 0 Å². The van der Waals surface area contributed by atoms with Crippen LogP contribution in [-0.2, 0) is 14.9 Å². The van der Waals surface area contributed by atoms with E-state index in [2.05, 4.69) is 26.1 Å². The van der Waals surface area contributed by atoms with Crippen LogP contribution >= 0.6 is 0 Å². The van der Waals surface area contributed by atoms with Crippen LogP contribution in [0.1, 0.15) is 57.8 Å². The number of aliphatic hydroxyl groups excluding tert-OH is 1. The maximum Gasteiger partial charge on any atom is 0.248 e. The van der Waals surface area contributed by atoms with E-state index in [9.17, 15) is 9.90 Å². The molecule has 4 heteroatoms. The summed E-state index contributed by atoms with van der Waals surface area (Å²) >= 11 is 0. The molecular weight excluding hydrogens is 290 g/mol. The Balaban J connectivity index is 1.79. The summed E-state index contributed by atoms with van der Waals surface area (Å²) in [6.07, 6.45) is 1.24. The van der Waals surface area contributed by atoms with E-state index in [0.717, 1.165) is 5.56 Å². The van der Waals surface area contributed by atoms with Gasteiger partial charge in [-0.3, -0.25) is 4.79 Å². The van der Waals surface area contributed by atoms with Crippen molar-refractivity contribution in [2.75, 3.05) is 13.2 Å². The Hall–Kier alpha value is -1.39. The minimum atomic E-state index is -0.705. The summed E-state index contributed by atoms with van der Waals surface area (Å²) < 4.78 is 5.53. The van der Waals surface area contributed by atoms with E-state index >= 15 is 0 Å². The number of hydrogen-bond acceptors (Lipinski definition) is 3. The van der Waals surface area contributed by atoms with E-state index < -0.39 is 12.2 Å². The summed E-state index contributed by atoms with van der Waals surface area (Å²) in [5, 5.41) is 13.0. The maximum absolute atomic E-state index is 12.0. The SMILES string of the molecule is CC(OCC1CC1)C(=O)NCC(O)c1ccc(C(C)(C)C)cc1. The topological polar surface area (TPSA) is 58.6 Å². The van der Waals surface area contributed by atoms with Crippen molar-refractivity contribution in [2.24, 2.45) is 5.92 Å². The number of amides is 1. The lowest BCUT2D eigenvalue weighted by molar-refractivity contribution is -0.132. The van der Waals surface area contributed by atoms with Crippen LogP contribution in [0.25, 0.3) is 0 Å². The van der Waals surface area contributed by atoms with Crippen molar-refractivity contribution in [3.8, 4) is 0 Å². The van der Waals surface area contributed by atoms with Gasteiger partial charge in [-0.1, -0.05) is 45.0 Å².